The summed E-state index contributed by atoms with van der Waals surface area (Å²) in [6.07, 6.45) is 0. The van der Waals surface area contributed by atoms with Gasteiger partial charge < -0.3 is 10.1 Å². The van der Waals surface area contributed by atoms with Crippen molar-refractivity contribution in [1.29, 1.82) is 0 Å². The Morgan fingerprint density at radius 2 is 1.89 bits per heavy atom. The monoisotopic (exact) mass is 319 g/mol. The minimum atomic E-state index is 0.291. The minimum absolute atomic E-state index is 0.291. The Kier molecular flexibility index (Phi) is 5.00. The minimum Gasteiger partial charge on any atom is -0.497 e. The lowest BCUT2D eigenvalue weighted by molar-refractivity contribution is 0.413. The molecule has 1 atom stereocenters. The van der Waals surface area contributed by atoms with E-state index in [0.29, 0.717) is 6.04 Å². The lowest BCUT2D eigenvalue weighted by Gasteiger charge is -2.15. The summed E-state index contributed by atoms with van der Waals surface area (Å²) in [4.78, 5) is 0. The largest absolute Gasteiger partial charge is 0.497 e. The van der Waals surface area contributed by atoms with Crippen molar-refractivity contribution in [2.24, 2.45) is 0 Å². The van der Waals surface area contributed by atoms with Crippen LogP contribution < -0.4 is 10.1 Å². The van der Waals surface area contributed by atoms with E-state index in [2.05, 4.69) is 64.6 Å². The van der Waals surface area contributed by atoms with E-state index in [1.807, 2.05) is 12.1 Å². The van der Waals surface area contributed by atoms with Crippen LogP contribution in [0.2, 0.25) is 0 Å². The van der Waals surface area contributed by atoms with E-state index in [-0.39, 0.29) is 0 Å². The fraction of sp³-hybridized carbons (Fsp3) is 0.250. The standard InChI is InChI=1S/C16H18BrNO/c1-12(14-4-3-5-16(10-14)19-2)18-11-13-6-8-15(17)9-7-13/h3-10,12,18H,11H2,1-2H3. The summed E-state index contributed by atoms with van der Waals surface area (Å²) in [5.74, 6) is 0.898. The Morgan fingerprint density at radius 1 is 1.16 bits per heavy atom. The lowest BCUT2D eigenvalue weighted by atomic mass is 10.1. The van der Waals surface area contributed by atoms with Crippen LogP contribution in [0.15, 0.2) is 53.0 Å². The number of rotatable bonds is 5. The summed E-state index contributed by atoms with van der Waals surface area (Å²) in [6.45, 7) is 3.01. The number of hydrogen-bond donors (Lipinski definition) is 1. The molecule has 0 saturated carbocycles. The van der Waals surface area contributed by atoms with E-state index in [9.17, 15) is 0 Å². The number of halogens is 1. The molecule has 0 aliphatic carbocycles. The zero-order valence-electron chi connectivity index (χ0n) is 11.2. The van der Waals surface area contributed by atoms with Crippen LogP contribution in [0.4, 0.5) is 0 Å². The fourth-order valence-electron chi connectivity index (χ4n) is 1.90. The highest BCUT2D eigenvalue weighted by Gasteiger charge is 2.05. The van der Waals surface area contributed by atoms with Crippen LogP contribution in [0.3, 0.4) is 0 Å². The third-order valence-corrected chi connectivity index (χ3v) is 3.65. The van der Waals surface area contributed by atoms with Crippen LogP contribution in [0, 0.1) is 0 Å². The molecular weight excluding hydrogens is 302 g/mol. The van der Waals surface area contributed by atoms with Crippen LogP contribution in [0.5, 0.6) is 5.75 Å². The molecule has 19 heavy (non-hydrogen) atoms. The van der Waals surface area contributed by atoms with Crippen molar-refractivity contribution in [3.05, 3.63) is 64.1 Å². The predicted octanol–water partition coefficient (Wildman–Crippen LogP) is 4.31. The zero-order valence-corrected chi connectivity index (χ0v) is 12.8. The average Bonchev–Trinajstić information content (AvgIpc) is 2.46. The summed E-state index contributed by atoms with van der Waals surface area (Å²) >= 11 is 3.44. The average molecular weight is 320 g/mol. The SMILES string of the molecule is COc1cccc(C(C)NCc2ccc(Br)cc2)c1. The number of hydrogen-bond acceptors (Lipinski definition) is 2. The van der Waals surface area contributed by atoms with E-state index in [1.165, 1.54) is 11.1 Å². The van der Waals surface area contributed by atoms with Crippen LogP contribution >= 0.6 is 15.9 Å². The third-order valence-electron chi connectivity index (χ3n) is 3.12. The van der Waals surface area contributed by atoms with Gasteiger partial charge in [0.25, 0.3) is 0 Å². The first-order valence-electron chi connectivity index (χ1n) is 6.31. The highest BCUT2D eigenvalue weighted by molar-refractivity contribution is 9.10. The summed E-state index contributed by atoms with van der Waals surface area (Å²) < 4.78 is 6.36. The molecule has 0 spiro atoms. The maximum absolute atomic E-state index is 5.25. The molecule has 2 aromatic carbocycles. The first kappa shape index (κ1) is 14.1. The van der Waals surface area contributed by atoms with Gasteiger partial charge in [-0.15, -0.1) is 0 Å². The fourth-order valence-corrected chi connectivity index (χ4v) is 2.17. The van der Waals surface area contributed by atoms with Crippen LogP contribution in [-0.2, 0) is 6.54 Å². The number of ether oxygens (including phenoxy) is 1. The Bertz CT molecular complexity index is 525. The molecule has 0 aliphatic rings. The maximum Gasteiger partial charge on any atom is 0.119 e. The van der Waals surface area contributed by atoms with Gasteiger partial charge >= 0.3 is 0 Å². The van der Waals surface area contributed by atoms with Gasteiger partial charge in [-0.05, 0) is 42.3 Å². The van der Waals surface area contributed by atoms with E-state index in [4.69, 9.17) is 4.74 Å². The van der Waals surface area contributed by atoms with Gasteiger partial charge in [-0.1, -0.05) is 40.2 Å². The van der Waals surface area contributed by atoms with Crippen molar-refractivity contribution in [3.8, 4) is 5.75 Å². The van der Waals surface area contributed by atoms with Crippen molar-refractivity contribution in [2.75, 3.05) is 7.11 Å². The van der Waals surface area contributed by atoms with Crippen molar-refractivity contribution in [3.63, 3.8) is 0 Å². The molecule has 0 heterocycles. The molecule has 0 saturated heterocycles. The first-order valence-corrected chi connectivity index (χ1v) is 7.10. The topological polar surface area (TPSA) is 21.3 Å². The van der Waals surface area contributed by atoms with Gasteiger partial charge in [-0.3, -0.25) is 0 Å². The Balaban J connectivity index is 1.96. The van der Waals surface area contributed by atoms with Gasteiger partial charge in [0.2, 0.25) is 0 Å². The Labute approximate surface area is 122 Å². The van der Waals surface area contributed by atoms with E-state index >= 15 is 0 Å². The first-order chi connectivity index (χ1) is 9.19. The second-order valence-electron chi connectivity index (χ2n) is 4.51. The summed E-state index contributed by atoms with van der Waals surface area (Å²) in [6, 6.07) is 16.8. The molecular formula is C16H18BrNO. The second kappa shape index (κ2) is 6.73. The summed E-state index contributed by atoms with van der Waals surface area (Å²) in [7, 11) is 1.69. The smallest absolute Gasteiger partial charge is 0.119 e. The molecule has 3 heteroatoms. The summed E-state index contributed by atoms with van der Waals surface area (Å²) in [5.41, 5.74) is 2.51. The predicted molar refractivity (Wildman–Crippen MR) is 82.4 cm³/mol. The Morgan fingerprint density at radius 3 is 2.58 bits per heavy atom. The normalized spacial score (nSPS) is 12.2. The quantitative estimate of drug-likeness (QED) is 0.886. The van der Waals surface area contributed by atoms with Crippen molar-refractivity contribution in [1.82, 2.24) is 5.32 Å². The molecule has 0 fully saturated rings. The molecule has 0 radical (unpaired) electrons. The van der Waals surface area contributed by atoms with Gasteiger partial charge in [-0.2, -0.15) is 0 Å². The zero-order chi connectivity index (χ0) is 13.7. The molecule has 0 bridgehead atoms. The van der Waals surface area contributed by atoms with E-state index in [0.717, 1.165) is 16.8 Å². The van der Waals surface area contributed by atoms with Crippen LogP contribution in [-0.4, -0.2) is 7.11 Å². The highest BCUT2D eigenvalue weighted by atomic mass is 79.9. The van der Waals surface area contributed by atoms with E-state index < -0.39 is 0 Å². The Hall–Kier alpha value is -1.32. The molecule has 0 aromatic heterocycles. The lowest BCUT2D eigenvalue weighted by Crippen LogP contribution is -2.18. The van der Waals surface area contributed by atoms with Crippen molar-refractivity contribution < 1.29 is 4.74 Å². The van der Waals surface area contributed by atoms with Gasteiger partial charge in [0, 0.05) is 17.1 Å². The summed E-state index contributed by atoms with van der Waals surface area (Å²) in [5, 5.41) is 3.52. The molecule has 1 N–H and O–H groups in total. The maximum atomic E-state index is 5.25. The molecule has 0 aliphatic heterocycles. The highest BCUT2D eigenvalue weighted by Crippen LogP contribution is 2.19. The molecule has 100 valence electrons. The van der Waals surface area contributed by atoms with Gasteiger partial charge in [0.1, 0.15) is 5.75 Å². The van der Waals surface area contributed by atoms with E-state index in [1.54, 1.807) is 7.11 Å². The second-order valence-corrected chi connectivity index (χ2v) is 5.42. The van der Waals surface area contributed by atoms with Crippen LogP contribution in [0.1, 0.15) is 24.1 Å². The third kappa shape index (κ3) is 4.08. The van der Waals surface area contributed by atoms with Gasteiger partial charge in [0.15, 0.2) is 0 Å². The number of methoxy groups -OCH3 is 1. The molecule has 2 rings (SSSR count). The molecule has 0 amide bonds. The van der Waals surface area contributed by atoms with Gasteiger partial charge in [-0.25, -0.2) is 0 Å². The number of nitrogens with one attached hydrogen (secondary N) is 1. The van der Waals surface area contributed by atoms with Crippen molar-refractivity contribution >= 4 is 15.9 Å². The molecule has 1 unspecified atom stereocenters. The molecule has 2 nitrogen and oxygen atoms in total. The molecule has 2 aromatic rings. The van der Waals surface area contributed by atoms with Crippen molar-refractivity contribution in [2.45, 2.75) is 19.5 Å². The number of benzene rings is 2. The van der Waals surface area contributed by atoms with Crippen LogP contribution in [0.25, 0.3) is 0 Å². The van der Waals surface area contributed by atoms with Gasteiger partial charge in [0.05, 0.1) is 7.11 Å².